The van der Waals surface area contributed by atoms with Crippen molar-refractivity contribution in [3.63, 3.8) is 0 Å². The summed E-state index contributed by atoms with van der Waals surface area (Å²) in [7, 11) is 0. The van der Waals surface area contributed by atoms with Gasteiger partial charge in [-0.3, -0.25) is 0 Å². The molecule has 0 aliphatic heterocycles. The summed E-state index contributed by atoms with van der Waals surface area (Å²) in [5.74, 6) is -0.456. The minimum Gasteiger partial charge on any atom is -0.319 e. The van der Waals surface area contributed by atoms with Gasteiger partial charge in [0.1, 0.15) is 17.1 Å². The van der Waals surface area contributed by atoms with E-state index in [4.69, 9.17) is 11.6 Å². The number of halogens is 5. The lowest BCUT2D eigenvalue weighted by Crippen LogP contribution is -2.06. The van der Waals surface area contributed by atoms with Crippen molar-refractivity contribution < 1.29 is 22.4 Å². The number of benzene rings is 1. The van der Waals surface area contributed by atoms with E-state index in [0.717, 1.165) is 24.1 Å². The molecular weight excluding hydrogens is 406 g/mol. The zero-order chi connectivity index (χ0) is 19.6. The summed E-state index contributed by atoms with van der Waals surface area (Å²) in [6, 6.07) is 4.91. The molecule has 2 aromatic heterocycles. The van der Waals surface area contributed by atoms with Crippen LogP contribution in [0.25, 0.3) is 11.0 Å². The van der Waals surface area contributed by atoms with Crippen molar-refractivity contribution in [1.29, 1.82) is 0 Å². The van der Waals surface area contributed by atoms with Gasteiger partial charge in [-0.1, -0.05) is 11.6 Å². The largest absolute Gasteiger partial charge is 0.417 e. The lowest BCUT2D eigenvalue weighted by Gasteiger charge is -2.10. The highest BCUT2D eigenvalue weighted by molar-refractivity contribution is 7.99. The topological polar surface area (TPSA) is 47.8 Å². The monoisotopic (exact) mass is 417 g/mol. The molecule has 142 valence electrons. The van der Waals surface area contributed by atoms with Gasteiger partial charge < -0.3 is 9.36 Å². The van der Waals surface area contributed by atoms with Gasteiger partial charge in [-0.05, 0) is 36.4 Å². The average molecular weight is 418 g/mol. The number of carbonyl (C=O) groups excluding carboxylic acids is 1. The number of aldehydes is 1. The number of nitrogens with zero attached hydrogens (tertiary/aromatic N) is 3. The number of aromatic nitrogens is 3. The summed E-state index contributed by atoms with van der Waals surface area (Å²) >= 11 is 6.94. The molecule has 0 bridgehead atoms. The summed E-state index contributed by atoms with van der Waals surface area (Å²) in [6.45, 7) is 0.432. The zero-order valence-electron chi connectivity index (χ0n) is 13.6. The van der Waals surface area contributed by atoms with Crippen LogP contribution in [0.4, 0.5) is 17.6 Å². The van der Waals surface area contributed by atoms with Gasteiger partial charge in [-0.15, -0.1) is 0 Å². The molecule has 0 saturated heterocycles. The van der Waals surface area contributed by atoms with E-state index in [1.54, 1.807) is 10.6 Å². The van der Waals surface area contributed by atoms with Gasteiger partial charge in [0, 0.05) is 25.2 Å². The highest BCUT2D eigenvalue weighted by Crippen LogP contribution is 2.37. The number of hydrogen-bond donors (Lipinski definition) is 0. The van der Waals surface area contributed by atoms with E-state index in [0.29, 0.717) is 41.8 Å². The molecule has 10 heteroatoms. The molecule has 3 aromatic rings. The number of carbonyl (C=O) groups is 1. The first-order valence-corrected chi connectivity index (χ1v) is 8.99. The number of aryl methyl sites for hydroxylation is 1. The van der Waals surface area contributed by atoms with Crippen LogP contribution in [-0.2, 0) is 17.5 Å². The minimum absolute atomic E-state index is 0.150. The third-order valence-electron chi connectivity index (χ3n) is 3.70. The highest BCUT2D eigenvalue weighted by Gasteiger charge is 2.31. The van der Waals surface area contributed by atoms with E-state index in [2.05, 4.69) is 9.97 Å². The standard InChI is InChI=1S/C17H12ClF4N3OS/c18-12-7-10(17(20,21)22)9-23-15(12)27-16-24-13-8-11(19)3-4-14(13)25(16)5-1-2-6-26/h3-4,6-9H,1-2,5H2. The van der Waals surface area contributed by atoms with Crippen molar-refractivity contribution in [2.45, 2.75) is 35.7 Å². The Bertz CT molecular complexity index is 990. The fourth-order valence-electron chi connectivity index (χ4n) is 2.45. The first kappa shape index (κ1) is 19.6. The van der Waals surface area contributed by atoms with Crippen LogP contribution in [0.1, 0.15) is 18.4 Å². The first-order chi connectivity index (χ1) is 12.8. The predicted molar refractivity (Wildman–Crippen MR) is 93.4 cm³/mol. The molecule has 0 unspecified atom stereocenters. The lowest BCUT2D eigenvalue weighted by molar-refractivity contribution is -0.137. The van der Waals surface area contributed by atoms with E-state index in [1.807, 2.05) is 0 Å². The summed E-state index contributed by atoms with van der Waals surface area (Å²) < 4.78 is 53.5. The van der Waals surface area contributed by atoms with Crippen molar-refractivity contribution in [1.82, 2.24) is 14.5 Å². The smallest absolute Gasteiger partial charge is 0.319 e. The SMILES string of the molecule is O=CCCCn1c(Sc2ncc(C(F)(F)F)cc2Cl)nc2cc(F)ccc21. The van der Waals surface area contributed by atoms with Gasteiger partial charge in [0.2, 0.25) is 0 Å². The Labute approximate surface area is 160 Å². The summed E-state index contributed by atoms with van der Waals surface area (Å²) in [5, 5.41) is 0.389. The van der Waals surface area contributed by atoms with Gasteiger partial charge in [0.05, 0.1) is 21.6 Å². The number of pyridine rings is 1. The second-order valence-corrected chi connectivity index (χ2v) is 6.96. The minimum atomic E-state index is -4.54. The van der Waals surface area contributed by atoms with Crippen molar-refractivity contribution in [2.24, 2.45) is 0 Å². The van der Waals surface area contributed by atoms with Gasteiger partial charge in [0.15, 0.2) is 5.16 Å². The molecule has 0 radical (unpaired) electrons. The van der Waals surface area contributed by atoms with E-state index in [-0.39, 0.29) is 10.0 Å². The van der Waals surface area contributed by atoms with Gasteiger partial charge in [-0.25, -0.2) is 14.4 Å². The third kappa shape index (κ3) is 4.41. The van der Waals surface area contributed by atoms with Crippen molar-refractivity contribution in [2.75, 3.05) is 0 Å². The Morgan fingerprint density at radius 2 is 2.04 bits per heavy atom. The molecule has 0 N–H and O–H groups in total. The number of rotatable bonds is 6. The zero-order valence-corrected chi connectivity index (χ0v) is 15.2. The number of imidazole rings is 1. The Kier molecular flexibility index (Phi) is 5.71. The molecule has 0 spiro atoms. The van der Waals surface area contributed by atoms with Crippen LogP contribution in [0, 0.1) is 5.82 Å². The maximum Gasteiger partial charge on any atom is 0.417 e. The van der Waals surface area contributed by atoms with E-state index >= 15 is 0 Å². The summed E-state index contributed by atoms with van der Waals surface area (Å²) in [4.78, 5) is 18.7. The van der Waals surface area contributed by atoms with Crippen LogP contribution in [0.5, 0.6) is 0 Å². The fourth-order valence-corrected chi connectivity index (χ4v) is 3.61. The lowest BCUT2D eigenvalue weighted by atomic mass is 10.3. The molecule has 0 atom stereocenters. The molecule has 2 heterocycles. The van der Waals surface area contributed by atoms with Crippen LogP contribution < -0.4 is 0 Å². The molecule has 4 nitrogen and oxygen atoms in total. The normalized spacial score (nSPS) is 11.9. The van der Waals surface area contributed by atoms with Crippen molar-refractivity contribution in [3.8, 4) is 0 Å². The predicted octanol–water partition coefficient (Wildman–Crippen LogP) is 5.37. The third-order valence-corrected chi connectivity index (χ3v) is 5.11. The molecule has 0 aliphatic rings. The molecule has 0 amide bonds. The van der Waals surface area contributed by atoms with Crippen LogP contribution in [0.2, 0.25) is 5.02 Å². The molecule has 0 fully saturated rings. The van der Waals surface area contributed by atoms with Crippen LogP contribution in [0.15, 0.2) is 40.6 Å². The molecule has 27 heavy (non-hydrogen) atoms. The summed E-state index contributed by atoms with van der Waals surface area (Å²) in [5.41, 5.74) is 0.0953. The van der Waals surface area contributed by atoms with Crippen LogP contribution in [0.3, 0.4) is 0 Å². The summed E-state index contributed by atoms with van der Waals surface area (Å²) in [6.07, 6.45) is -2.18. The first-order valence-electron chi connectivity index (χ1n) is 7.79. The number of fused-ring (bicyclic) bond motifs is 1. The number of hydrogen-bond acceptors (Lipinski definition) is 4. The Morgan fingerprint density at radius 1 is 1.26 bits per heavy atom. The van der Waals surface area contributed by atoms with E-state index in [9.17, 15) is 22.4 Å². The van der Waals surface area contributed by atoms with E-state index in [1.165, 1.54) is 12.1 Å². The highest BCUT2D eigenvalue weighted by atomic mass is 35.5. The second-order valence-electron chi connectivity index (χ2n) is 5.60. The van der Waals surface area contributed by atoms with Crippen LogP contribution in [-0.4, -0.2) is 20.8 Å². The van der Waals surface area contributed by atoms with Gasteiger partial charge in [0.25, 0.3) is 0 Å². The quantitative estimate of drug-likeness (QED) is 0.307. The molecule has 1 aromatic carbocycles. The maximum absolute atomic E-state index is 13.5. The van der Waals surface area contributed by atoms with Gasteiger partial charge >= 0.3 is 6.18 Å². The molecule has 0 aliphatic carbocycles. The second kappa shape index (κ2) is 7.85. The Morgan fingerprint density at radius 3 is 2.70 bits per heavy atom. The maximum atomic E-state index is 13.5. The Hall–Kier alpha value is -2.13. The number of alkyl halides is 3. The fraction of sp³-hybridized carbons (Fsp3) is 0.235. The molecule has 0 saturated carbocycles. The van der Waals surface area contributed by atoms with Gasteiger partial charge in [-0.2, -0.15) is 13.2 Å². The molecular formula is C17H12ClF4N3OS. The van der Waals surface area contributed by atoms with E-state index < -0.39 is 17.6 Å². The van der Waals surface area contributed by atoms with Crippen molar-refractivity contribution in [3.05, 3.63) is 46.9 Å². The Balaban J connectivity index is 1.98. The number of unbranched alkanes of at least 4 members (excludes halogenated alkanes) is 1. The van der Waals surface area contributed by atoms with Crippen LogP contribution >= 0.6 is 23.4 Å². The average Bonchev–Trinajstić information content (AvgIpc) is 2.92. The molecule has 3 rings (SSSR count). The van der Waals surface area contributed by atoms with Crippen molar-refractivity contribution >= 4 is 40.7 Å².